The van der Waals surface area contributed by atoms with Gasteiger partial charge in [0.25, 0.3) is 5.91 Å². The summed E-state index contributed by atoms with van der Waals surface area (Å²) in [5.74, 6) is 1.35. The van der Waals surface area contributed by atoms with Gasteiger partial charge in [-0.3, -0.25) is 4.79 Å². The highest BCUT2D eigenvalue weighted by Crippen LogP contribution is 2.42. The standard InChI is InChI=1S/C21H24N2O2S/c1-15-8-5-6-12-18(15)23-20(24)19(14-17-11-7-13-25-17)26-21(23)22-16-9-3-2-4-10-16/h2-4,7,9-11,13-15,18,21-22H,5-6,8,12H2,1H3/b19-14-/t15-,18-,21?/m0/s1. The van der Waals surface area contributed by atoms with Crippen molar-refractivity contribution in [3.63, 3.8) is 0 Å². The van der Waals surface area contributed by atoms with E-state index in [1.54, 1.807) is 18.0 Å². The molecule has 1 aliphatic heterocycles. The maximum absolute atomic E-state index is 13.2. The normalized spacial score (nSPS) is 27.9. The molecule has 3 atom stereocenters. The van der Waals surface area contributed by atoms with Gasteiger partial charge in [-0.15, -0.1) is 0 Å². The molecule has 0 radical (unpaired) electrons. The minimum Gasteiger partial charge on any atom is -0.465 e. The van der Waals surface area contributed by atoms with E-state index in [1.807, 2.05) is 48.5 Å². The van der Waals surface area contributed by atoms with Crippen molar-refractivity contribution in [3.8, 4) is 0 Å². The molecule has 2 aliphatic rings. The smallest absolute Gasteiger partial charge is 0.263 e. The lowest BCUT2D eigenvalue weighted by molar-refractivity contribution is -0.129. The Bertz CT molecular complexity index is 773. The van der Waals surface area contributed by atoms with Crippen molar-refractivity contribution in [3.05, 3.63) is 59.4 Å². The molecule has 0 spiro atoms. The quantitative estimate of drug-likeness (QED) is 0.756. The highest BCUT2D eigenvalue weighted by Gasteiger charge is 2.42. The van der Waals surface area contributed by atoms with Crippen molar-refractivity contribution in [1.29, 1.82) is 0 Å². The number of furan rings is 1. The Morgan fingerprint density at radius 3 is 2.69 bits per heavy atom. The van der Waals surface area contributed by atoms with E-state index in [0.29, 0.717) is 5.92 Å². The molecule has 1 aromatic carbocycles. The van der Waals surface area contributed by atoms with Gasteiger partial charge in [0, 0.05) is 17.8 Å². The van der Waals surface area contributed by atoms with Crippen molar-refractivity contribution in [1.82, 2.24) is 4.90 Å². The van der Waals surface area contributed by atoms with E-state index >= 15 is 0 Å². The maximum Gasteiger partial charge on any atom is 0.263 e. The number of amides is 1. The van der Waals surface area contributed by atoms with Crippen molar-refractivity contribution >= 4 is 29.4 Å². The molecule has 1 aliphatic carbocycles. The summed E-state index contributed by atoms with van der Waals surface area (Å²) < 4.78 is 5.42. The molecule has 4 nitrogen and oxygen atoms in total. The van der Waals surface area contributed by atoms with E-state index in [2.05, 4.69) is 17.1 Å². The molecule has 1 unspecified atom stereocenters. The topological polar surface area (TPSA) is 45.5 Å². The number of benzene rings is 1. The molecule has 1 saturated heterocycles. The molecule has 2 fully saturated rings. The minimum absolute atomic E-state index is 0.0864. The number of anilines is 1. The van der Waals surface area contributed by atoms with Crippen LogP contribution in [0.1, 0.15) is 38.4 Å². The van der Waals surface area contributed by atoms with Gasteiger partial charge in [-0.25, -0.2) is 0 Å². The summed E-state index contributed by atoms with van der Waals surface area (Å²) in [7, 11) is 0. The number of para-hydroxylation sites is 1. The highest BCUT2D eigenvalue weighted by molar-refractivity contribution is 8.05. The van der Waals surface area contributed by atoms with Crippen molar-refractivity contribution in [2.45, 2.75) is 44.1 Å². The Balaban J connectivity index is 1.63. The average Bonchev–Trinajstić information content (AvgIpc) is 3.26. The first-order valence-electron chi connectivity index (χ1n) is 9.28. The third kappa shape index (κ3) is 3.54. The van der Waals surface area contributed by atoms with E-state index in [-0.39, 0.29) is 17.4 Å². The van der Waals surface area contributed by atoms with Crippen molar-refractivity contribution < 1.29 is 9.21 Å². The summed E-state index contributed by atoms with van der Waals surface area (Å²) in [6.45, 7) is 2.27. The fraction of sp³-hybridized carbons (Fsp3) is 0.381. The summed E-state index contributed by atoms with van der Waals surface area (Å²) in [6, 6.07) is 14.1. The zero-order chi connectivity index (χ0) is 17.9. The van der Waals surface area contributed by atoms with Gasteiger partial charge in [0.2, 0.25) is 0 Å². The molecule has 2 aromatic rings. The van der Waals surface area contributed by atoms with Crippen LogP contribution in [0.25, 0.3) is 6.08 Å². The van der Waals surface area contributed by atoms with Crippen LogP contribution in [-0.2, 0) is 4.79 Å². The van der Waals surface area contributed by atoms with Crippen LogP contribution in [-0.4, -0.2) is 22.3 Å². The van der Waals surface area contributed by atoms with Crippen LogP contribution in [0.5, 0.6) is 0 Å². The SMILES string of the molecule is C[C@H]1CCCC[C@@H]1N1C(=O)/C(=C/c2ccco2)SC1Nc1ccccc1. The van der Waals surface area contributed by atoms with Crippen LogP contribution in [0.3, 0.4) is 0 Å². The van der Waals surface area contributed by atoms with Gasteiger partial charge < -0.3 is 14.6 Å². The number of nitrogens with zero attached hydrogens (tertiary/aromatic N) is 1. The van der Waals surface area contributed by atoms with Gasteiger partial charge in [0.05, 0.1) is 11.2 Å². The lowest BCUT2D eigenvalue weighted by Gasteiger charge is -2.39. The van der Waals surface area contributed by atoms with Gasteiger partial charge in [0.1, 0.15) is 5.76 Å². The predicted octanol–water partition coefficient (Wildman–Crippen LogP) is 5.17. The van der Waals surface area contributed by atoms with Crippen molar-refractivity contribution in [2.75, 3.05) is 5.32 Å². The van der Waals surface area contributed by atoms with Gasteiger partial charge in [0.15, 0.2) is 5.50 Å². The van der Waals surface area contributed by atoms with Crippen LogP contribution in [0.2, 0.25) is 0 Å². The summed E-state index contributed by atoms with van der Waals surface area (Å²) in [5, 5.41) is 3.55. The second-order valence-corrected chi connectivity index (χ2v) is 8.17. The Morgan fingerprint density at radius 2 is 1.96 bits per heavy atom. The molecular weight excluding hydrogens is 344 g/mol. The number of hydrogen-bond acceptors (Lipinski definition) is 4. The zero-order valence-electron chi connectivity index (χ0n) is 14.9. The summed E-state index contributed by atoms with van der Waals surface area (Å²) in [5.41, 5.74) is 0.946. The zero-order valence-corrected chi connectivity index (χ0v) is 15.7. The second kappa shape index (κ2) is 7.62. The Kier molecular flexibility index (Phi) is 5.07. The third-order valence-corrected chi connectivity index (χ3v) is 6.36. The molecule has 0 bridgehead atoms. The molecule has 5 heteroatoms. The third-order valence-electron chi connectivity index (χ3n) is 5.24. The molecule has 2 heterocycles. The summed E-state index contributed by atoms with van der Waals surface area (Å²) in [4.78, 5) is 16.0. The molecule has 136 valence electrons. The Labute approximate surface area is 158 Å². The second-order valence-electron chi connectivity index (χ2n) is 7.05. The summed E-state index contributed by atoms with van der Waals surface area (Å²) in [6.07, 6.45) is 8.22. The highest BCUT2D eigenvalue weighted by atomic mass is 32.2. The number of nitrogens with one attached hydrogen (secondary N) is 1. The van der Waals surface area contributed by atoms with Crippen LogP contribution < -0.4 is 5.32 Å². The van der Waals surface area contributed by atoms with E-state index in [4.69, 9.17) is 4.42 Å². The lowest BCUT2D eigenvalue weighted by atomic mass is 9.85. The van der Waals surface area contributed by atoms with Crippen LogP contribution in [0.4, 0.5) is 5.69 Å². The molecule has 26 heavy (non-hydrogen) atoms. The largest absolute Gasteiger partial charge is 0.465 e. The number of rotatable bonds is 4. The average molecular weight is 369 g/mol. The van der Waals surface area contributed by atoms with Crippen LogP contribution >= 0.6 is 11.8 Å². The first-order valence-corrected chi connectivity index (χ1v) is 10.2. The van der Waals surface area contributed by atoms with Gasteiger partial charge in [-0.2, -0.15) is 0 Å². The van der Waals surface area contributed by atoms with E-state index in [1.165, 1.54) is 19.3 Å². The summed E-state index contributed by atoms with van der Waals surface area (Å²) >= 11 is 1.58. The van der Waals surface area contributed by atoms with Gasteiger partial charge in [-0.1, -0.05) is 49.7 Å². The fourth-order valence-corrected chi connectivity index (χ4v) is 5.06. The first-order chi connectivity index (χ1) is 12.7. The number of carbonyl (C=O) groups is 1. The van der Waals surface area contributed by atoms with E-state index < -0.39 is 0 Å². The lowest BCUT2D eigenvalue weighted by Crippen LogP contribution is -2.48. The Hall–Kier alpha value is -2.14. The monoisotopic (exact) mass is 368 g/mol. The van der Waals surface area contributed by atoms with Gasteiger partial charge >= 0.3 is 0 Å². The van der Waals surface area contributed by atoms with Crippen molar-refractivity contribution in [2.24, 2.45) is 5.92 Å². The van der Waals surface area contributed by atoms with Crippen LogP contribution in [0.15, 0.2) is 58.1 Å². The van der Waals surface area contributed by atoms with Gasteiger partial charge in [-0.05, 0) is 43.0 Å². The molecule has 1 N–H and O–H groups in total. The Morgan fingerprint density at radius 1 is 1.15 bits per heavy atom. The number of thioether (sulfide) groups is 1. The molecule has 1 aromatic heterocycles. The molecule has 4 rings (SSSR count). The molecule has 1 saturated carbocycles. The predicted molar refractivity (Wildman–Crippen MR) is 106 cm³/mol. The number of carbonyl (C=O) groups excluding carboxylic acids is 1. The molecular formula is C21H24N2O2S. The first kappa shape index (κ1) is 17.3. The van der Waals surface area contributed by atoms with E-state index in [0.717, 1.165) is 22.8 Å². The fourth-order valence-electron chi connectivity index (χ4n) is 3.87. The molecule has 1 amide bonds. The van der Waals surface area contributed by atoms with Crippen LogP contribution in [0, 0.1) is 5.92 Å². The van der Waals surface area contributed by atoms with E-state index in [9.17, 15) is 4.79 Å². The number of hydrogen-bond donors (Lipinski definition) is 1. The maximum atomic E-state index is 13.2. The minimum atomic E-state index is -0.0864.